The largest absolute Gasteiger partial charge is 0.460 e. The van der Waals surface area contributed by atoms with Crippen LogP contribution in [0.5, 0.6) is 0 Å². The summed E-state index contributed by atoms with van der Waals surface area (Å²) in [4.78, 5) is 10.7. The van der Waals surface area contributed by atoms with Gasteiger partial charge in [-0.15, -0.1) is 0 Å². The van der Waals surface area contributed by atoms with E-state index in [1.165, 1.54) is 32.1 Å². The Bertz CT molecular complexity index is 178. The van der Waals surface area contributed by atoms with Crippen LogP contribution in [0.3, 0.4) is 0 Å². The topological polar surface area (TPSA) is 35.5 Å². The molecular weight excluding hydrogens is 204 g/mol. The van der Waals surface area contributed by atoms with Crippen LogP contribution in [0.25, 0.3) is 0 Å². The van der Waals surface area contributed by atoms with Crippen LogP contribution in [0.2, 0.25) is 0 Å². The zero-order valence-corrected chi connectivity index (χ0v) is 10.4. The Morgan fingerprint density at radius 1 is 1.06 bits per heavy atom. The molecule has 0 saturated heterocycles. The third-order valence-corrected chi connectivity index (χ3v) is 2.28. The highest BCUT2D eigenvalue weighted by Gasteiger charge is 1.95. The molecule has 0 atom stereocenters. The second-order valence-electron chi connectivity index (χ2n) is 3.75. The summed E-state index contributed by atoms with van der Waals surface area (Å²) < 4.78 is 10.1. The number of carbonyl (C=O) groups is 1. The van der Waals surface area contributed by atoms with Crippen molar-refractivity contribution in [3.8, 4) is 0 Å². The van der Waals surface area contributed by atoms with E-state index >= 15 is 0 Å². The average molecular weight is 228 g/mol. The number of unbranched alkanes of at least 4 members (excludes halogenated alkanes) is 5. The first-order valence-corrected chi connectivity index (χ1v) is 6.18. The number of ether oxygens (including phenoxy) is 2. The minimum absolute atomic E-state index is 0.320. The predicted molar refractivity (Wildman–Crippen MR) is 65.4 cm³/mol. The summed E-state index contributed by atoms with van der Waals surface area (Å²) in [6.07, 6.45) is 8.72. The zero-order valence-electron chi connectivity index (χ0n) is 10.4. The lowest BCUT2D eigenvalue weighted by Crippen LogP contribution is -2.08. The maximum Gasteiger partial charge on any atom is 0.330 e. The molecule has 0 unspecified atom stereocenters. The fourth-order valence-corrected chi connectivity index (χ4v) is 1.35. The van der Waals surface area contributed by atoms with Gasteiger partial charge in [-0.1, -0.05) is 45.6 Å². The molecule has 0 amide bonds. The van der Waals surface area contributed by atoms with Gasteiger partial charge in [-0.25, -0.2) is 4.79 Å². The molecule has 0 radical (unpaired) electrons. The number of carbonyl (C=O) groups excluding carboxylic acids is 1. The van der Waals surface area contributed by atoms with Crippen molar-refractivity contribution in [1.29, 1.82) is 0 Å². The van der Waals surface area contributed by atoms with E-state index in [2.05, 4.69) is 13.5 Å². The SMILES string of the molecule is C=CC(=O)OCCOCCCCCCCC. The van der Waals surface area contributed by atoms with Gasteiger partial charge in [-0.2, -0.15) is 0 Å². The van der Waals surface area contributed by atoms with E-state index in [0.717, 1.165) is 19.1 Å². The van der Waals surface area contributed by atoms with E-state index in [1.54, 1.807) is 0 Å². The van der Waals surface area contributed by atoms with Crippen LogP contribution in [-0.2, 0) is 14.3 Å². The molecule has 0 aromatic rings. The molecule has 0 heterocycles. The minimum atomic E-state index is -0.386. The Kier molecular flexibility index (Phi) is 11.6. The Labute approximate surface area is 98.8 Å². The molecule has 16 heavy (non-hydrogen) atoms. The van der Waals surface area contributed by atoms with Crippen molar-refractivity contribution in [1.82, 2.24) is 0 Å². The summed E-state index contributed by atoms with van der Waals surface area (Å²) in [6, 6.07) is 0. The van der Waals surface area contributed by atoms with Crippen LogP contribution in [0.4, 0.5) is 0 Å². The van der Waals surface area contributed by atoms with Gasteiger partial charge < -0.3 is 9.47 Å². The molecule has 0 saturated carbocycles. The number of esters is 1. The van der Waals surface area contributed by atoms with Gasteiger partial charge in [-0.3, -0.25) is 0 Å². The van der Waals surface area contributed by atoms with Crippen molar-refractivity contribution in [3.63, 3.8) is 0 Å². The maximum absolute atomic E-state index is 10.7. The maximum atomic E-state index is 10.7. The van der Waals surface area contributed by atoms with Crippen LogP contribution < -0.4 is 0 Å². The molecule has 0 N–H and O–H groups in total. The highest BCUT2D eigenvalue weighted by molar-refractivity contribution is 5.81. The molecule has 3 heteroatoms. The summed E-state index contributed by atoms with van der Waals surface area (Å²) in [5.74, 6) is -0.386. The normalized spacial score (nSPS) is 10.1. The van der Waals surface area contributed by atoms with Crippen LogP contribution in [0.1, 0.15) is 45.4 Å². The number of hydrogen-bond acceptors (Lipinski definition) is 3. The Morgan fingerprint density at radius 3 is 2.44 bits per heavy atom. The van der Waals surface area contributed by atoms with E-state index in [4.69, 9.17) is 9.47 Å². The van der Waals surface area contributed by atoms with E-state index in [1.807, 2.05) is 0 Å². The third kappa shape index (κ3) is 11.2. The molecule has 3 nitrogen and oxygen atoms in total. The van der Waals surface area contributed by atoms with Gasteiger partial charge in [0.2, 0.25) is 0 Å². The smallest absolute Gasteiger partial charge is 0.330 e. The van der Waals surface area contributed by atoms with Gasteiger partial charge in [0.15, 0.2) is 0 Å². The van der Waals surface area contributed by atoms with Crippen molar-refractivity contribution < 1.29 is 14.3 Å². The molecule has 0 fully saturated rings. The van der Waals surface area contributed by atoms with Gasteiger partial charge >= 0.3 is 5.97 Å². The molecule has 0 bridgehead atoms. The van der Waals surface area contributed by atoms with E-state index < -0.39 is 0 Å². The molecule has 0 aliphatic carbocycles. The molecule has 0 aliphatic heterocycles. The van der Waals surface area contributed by atoms with Crippen molar-refractivity contribution in [2.45, 2.75) is 45.4 Å². The van der Waals surface area contributed by atoms with Crippen LogP contribution in [-0.4, -0.2) is 25.8 Å². The standard InChI is InChI=1S/C13H24O3/c1-3-5-6-7-8-9-10-15-11-12-16-13(14)4-2/h4H,2-3,5-12H2,1H3. The van der Waals surface area contributed by atoms with Gasteiger partial charge in [-0.05, 0) is 6.42 Å². The minimum Gasteiger partial charge on any atom is -0.460 e. The third-order valence-electron chi connectivity index (χ3n) is 2.28. The lowest BCUT2D eigenvalue weighted by atomic mass is 10.1. The zero-order chi connectivity index (χ0) is 12.1. The number of hydrogen-bond donors (Lipinski definition) is 0. The van der Waals surface area contributed by atoms with Crippen molar-refractivity contribution in [2.75, 3.05) is 19.8 Å². The first-order valence-electron chi connectivity index (χ1n) is 6.18. The van der Waals surface area contributed by atoms with Crippen molar-refractivity contribution in [3.05, 3.63) is 12.7 Å². The molecular formula is C13H24O3. The lowest BCUT2D eigenvalue weighted by Gasteiger charge is -2.04. The van der Waals surface area contributed by atoms with E-state index in [9.17, 15) is 4.79 Å². The monoisotopic (exact) mass is 228 g/mol. The van der Waals surface area contributed by atoms with Crippen LogP contribution >= 0.6 is 0 Å². The predicted octanol–water partition coefficient (Wildman–Crippen LogP) is 3.09. The lowest BCUT2D eigenvalue weighted by molar-refractivity contribution is -0.139. The van der Waals surface area contributed by atoms with Gasteiger partial charge in [0, 0.05) is 12.7 Å². The fourth-order valence-electron chi connectivity index (χ4n) is 1.35. The highest BCUT2D eigenvalue weighted by atomic mass is 16.6. The highest BCUT2D eigenvalue weighted by Crippen LogP contribution is 2.04. The van der Waals surface area contributed by atoms with Crippen LogP contribution in [0.15, 0.2) is 12.7 Å². The molecule has 0 spiro atoms. The first kappa shape index (κ1) is 15.2. The molecule has 0 aliphatic rings. The van der Waals surface area contributed by atoms with Gasteiger partial charge in [0.1, 0.15) is 6.61 Å². The van der Waals surface area contributed by atoms with Crippen LogP contribution in [0, 0.1) is 0 Å². The number of rotatable bonds is 11. The van der Waals surface area contributed by atoms with Crippen molar-refractivity contribution in [2.24, 2.45) is 0 Å². The molecule has 0 aromatic heterocycles. The summed E-state index contributed by atoms with van der Waals surface area (Å²) in [5.41, 5.74) is 0. The molecule has 94 valence electrons. The first-order chi connectivity index (χ1) is 7.81. The Morgan fingerprint density at radius 2 is 1.75 bits per heavy atom. The summed E-state index contributed by atoms with van der Waals surface area (Å²) in [5, 5.41) is 0. The van der Waals surface area contributed by atoms with Crippen molar-refractivity contribution >= 4 is 5.97 Å². The second-order valence-corrected chi connectivity index (χ2v) is 3.75. The summed E-state index contributed by atoms with van der Waals surface area (Å²) in [7, 11) is 0. The van der Waals surface area contributed by atoms with Gasteiger partial charge in [0.25, 0.3) is 0 Å². The quantitative estimate of drug-likeness (QED) is 0.310. The Balaban J connectivity index is 2.98. The van der Waals surface area contributed by atoms with E-state index in [0.29, 0.717) is 13.2 Å². The molecule has 0 rings (SSSR count). The second kappa shape index (κ2) is 12.2. The van der Waals surface area contributed by atoms with E-state index in [-0.39, 0.29) is 5.97 Å². The molecule has 0 aromatic carbocycles. The Hall–Kier alpha value is -0.830. The van der Waals surface area contributed by atoms with Gasteiger partial charge in [0.05, 0.1) is 6.61 Å². The fraction of sp³-hybridized carbons (Fsp3) is 0.769. The summed E-state index contributed by atoms with van der Waals surface area (Å²) >= 11 is 0. The average Bonchev–Trinajstić information content (AvgIpc) is 2.31. The summed E-state index contributed by atoms with van der Waals surface area (Å²) in [6.45, 7) is 7.09.